The van der Waals surface area contributed by atoms with E-state index >= 15 is 0 Å². The Kier molecular flexibility index (Phi) is 4.54. The quantitative estimate of drug-likeness (QED) is 0.749. The van der Waals surface area contributed by atoms with Crippen molar-refractivity contribution in [2.24, 2.45) is 0 Å². The summed E-state index contributed by atoms with van der Waals surface area (Å²) in [5.41, 5.74) is 3.76. The van der Waals surface area contributed by atoms with E-state index in [0.717, 1.165) is 54.0 Å². The first-order valence-electron chi connectivity index (χ1n) is 9.78. The Balaban J connectivity index is 1.37. The van der Waals surface area contributed by atoms with Crippen molar-refractivity contribution < 1.29 is 4.74 Å². The summed E-state index contributed by atoms with van der Waals surface area (Å²) in [5.74, 6) is 0.665. The summed E-state index contributed by atoms with van der Waals surface area (Å²) in [7, 11) is 0. The molecule has 5 rings (SSSR count). The summed E-state index contributed by atoms with van der Waals surface area (Å²) in [5, 5.41) is 1.15. The molecule has 7 nitrogen and oxygen atoms in total. The van der Waals surface area contributed by atoms with E-state index in [0.29, 0.717) is 32.1 Å². The van der Waals surface area contributed by atoms with Crippen LogP contribution in [0.25, 0.3) is 10.9 Å². The second-order valence-electron chi connectivity index (χ2n) is 7.37. The summed E-state index contributed by atoms with van der Waals surface area (Å²) in [4.78, 5) is 29.5. The van der Waals surface area contributed by atoms with Crippen molar-refractivity contribution in [1.29, 1.82) is 0 Å². The number of benzene rings is 1. The van der Waals surface area contributed by atoms with E-state index in [4.69, 9.17) is 14.7 Å². The third kappa shape index (κ3) is 3.39. The lowest BCUT2D eigenvalue weighted by Gasteiger charge is -2.30. The average molecular weight is 377 g/mol. The average Bonchev–Trinajstić information content (AvgIpc) is 2.74. The Bertz CT molecular complexity index is 1060. The first-order chi connectivity index (χ1) is 13.8. The van der Waals surface area contributed by atoms with Crippen molar-refractivity contribution in [3.63, 3.8) is 0 Å². The summed E-state index contributed by atoms with van der Waals surface area (Å²) in [6, 6.07) is 12.4. The molecule has 0 amide bonds. The molecule has 2 aromatic heterocycles. The minimum atomic E-state index is -0.00466. The van der Waals surface area contributed by atoms with Crippen LogP contribution in [0.15, 0.2) is 41.2 Å². The van der Waals surface area contributed by atoms with Gasteiger partial charge < -0.3 is 9.64 Å². The number of H-pyrrole nitrogens is 1. The molecule has 0 aliphatic carbocycles. The van der Waals surface area contributed by atoms with Gasteiger partial charge in [-0.05, 0) is 18.6 Å². The van der Waals surface area contributed by atoms with Gasteiger partial charge in [-0.1, -0.05) is 24.3 Å². The van der Waals surface area contributed by atoms with Crippen molar-refractivity contribution in [3.8, 4) is 0 Å². The molecule has 0 radical (unpaired) electrons. The number of anilines is 1. The van der Waals surface area contributed by atoms with Gasteiger partial charge in [-0.25, -0.2) is 4.98 Å². The highest BCUT2D eigenvalue weighted by Gasteiger charge is 2.23. The van der Waals surface area contributed by atoms with Crippen molar-refractivity contribution in [2.45, 2.75) is 19.5 Å². The number of hydrogen-bond donors (Lipinski definition) is 1. The number of hydrogen-bond acceptors (Lipinski definition) is 6. The fourth-order valence-electron chi connectivity index (χ4n) is 3.97. The monoisotopic (exact) mass is 377 g/mol. The number of nitrogens with zero attached hydrogens (tertiary/aromatic N) is 4. The number of morpholine rings is 1. The maximum absolute atomic E-state index is 12.6. The van der Waals surface area contributed by atoms with Crippen LogP contribution in [0.1, 0.15) is 17.0 Å². The minimum absolute atomic E-state index is 0.00466. The number of pyridine rings is 1. The van der Waals surface area contributed by atoms with Crippen LogP contribution in [0.2, 0.25) is 0 Å². The fourth-order valence-corrected chi connectivity index (χ4v) is 3.97. The van der Waals surface area contributed by atoms with E-state index in [2.05, 4.69) is 33.0 Å². The maximum atomic E-state index is 12.6. The van der Waals surface area contributed by atoms with Crippen molar-refractivity contribution >= 4 is 16.9 Å². The molecular weight excluding hydrogens is 354 g/mol. The molecule has 4 heterocycles. The molecule has 0 bridgehead atoms. The van der Waals surface area contributed by atoms with Crippen LogP contribution in [0.4, 0.5) is 5.95 Å². The molecule has 7 heteroatoms. The van der Waals surface area contributed by atoms with Crippen LogP contribution < -0.4 is 10.5 Å². The molecule has 0 spiro atoms. The topological polar surface area (TPSA) is 74.3 Å². The number of nitrogens with one attached hydrogen (secondary N) is 1. The normalized spacial score (nSPS) is 17.6. The summed E-state index contributed by atoms with van der Waals surface area (Å²) in [6.45, 7) is 5.11. The second-order valence-corrected chi connectivity index (χ2v) is 7.37. The van der Waals surface area contributed by atoms with Gasteiger partial charge in [-0.2, -0.15) is 0 Å². The lowest BCUT2D eigenvalue weighted by Crippen LogP contribution is -2.40. The zero-order chi connectivity index (χ0) is 18.9. The highest BCUT2D eigenvalue weighted by atomic mass is 16.5. The van der Waals surface area contributed by atoms with Crippen molar-refractivity contribution in [2.75, 3.05) is 37.7 Å². The van der Waals surface area contributed by atoms with Gasteiger partial charge in [0.2, 0.25) is 5.95 Å². The van der Waals surface area contributed by atoms with E-state index < -0.39 is 0 Å². The van der Waals surface area contributed by atoms with Crippen LogP contribution in [0.5, 0.6) is 0 Å². The van der Waals surface area contributed by atoms with Crippen molar-refractivity contribution in [3.05, 3.63) is 63.7 Å². The molecule has 0 unspecified atom stereocenters. The van der Waals surface area contributed by atoms with Crippen LogP contribution in [0.3, 0.4) is 0 Å². The zero-order valence-electron chi connectivity index (χ0n) is 15.7. The van der Waals surface area contributed by atoms with Gasteiger partial charge >= 0.3 is 0 Å². The Morgan fingerprint density at radius 1 is 1.04 bits per heavy atom. The molecule has 2 aliphatic rings. The van der Waals surface area contributed by atoms with Crippen LogP contribution in [0, 0.1) is 0 Å². The molecular formula is C21H23N5O2. The zero-order valence-corrected chi connectivity index (χ0v) is 15.7. The van der Waals surface area contributed by atoms with Gasteiger partial charge in [-0.15, -0.1) is 0 Å². The van der Waals surface area contributed by atoms with E-state index in [1.807, 2.05) is 18.2 Å². The lowest BCUT2D eigenvalue weighted by atomic mass is 10.1. The molecule has 0 saturated carbocycles. The second kappa shape index (κ2) is 7.33. The number of rotatable bonds is 3. The minimum Gasteiger partial charge on any atom is -0.378 e. The van der Waals surface area contributed by atoms with E-state index in [1.165, 1.54) is 0 Å². The van der Waals surface area contributed by atoms with Gasteiger partial charge in [0, 0.05) is 43.7 Å². The third-order valence-corrected chi connectivity index (χ3v) is 5.49. The van der Waals surface area contributed by atoms with Crippen LogP contribution in [-0.2, 0) is 24.2 Å². The van der Waals surface area contributed by atoms with Gasteiger partial charge in [0.15, 0.2) is 0 Å². The SMILES string of the molecule is O=c1[nH]c(N2CCOCC2)nc2c1CCN(Cc1ccc3ccccc3n1)C2. The van der Waals surface area contributed by atoms with Gasteiger partial charge in [0.25, 0.3) is 5.56 Å². The lowest BCUT2D eigenvalue weighted by molar-refractivity contribution is 0.122. The summed E-state index contributed by atoms with van der Waals surface area (Å²) in [6.07, 6.45) is 0.717. The molecule has 1 fully saturated rings. The fraction of sp³-hybridized carbons (Fsp3) is 0.381. The Hall–Kier alpha value is -2.77. The first kappa shape index (κ1) is 17.3. The molecule has 2 aliphatic heterocycles. The first-order valence-corrected chi connectivity index (χ1v) is 9.78. The number of ether oxygens (including phenoxy) is 1. The molecule has 0 atom stereocenters. The van der Waals surface area contributed by atoms with E-state index in [-0.39, 0.29) is 5.56 Å². The summed E-state index contributed by atoms with van der Waals surface area (Å²) < 4.78 is 5.40. The van der Waals surface area contributed by atoms with Crippen molar-refractivity contribution in [1.82, 2.24) is 19.9 Å². The Morgan fingerprint density at radius 2 is 1.89 bits per heavy atom. The molecule has 3 aromatic rings. The molecule has 28 heavy (non-hydrogen) atoms. The van der Waals surface area contributed by atoms with Gasteiger partial charge in [0.1, 0.15) is 0 Å². The number of aromatic nitrogens is 3. The van der Waals surface area contributed by atoms with E-state index in [9.17, 15) is 4.79 Å². The predicted molar refractivity (Wildman–Crippen MR) is 107 cm³/mol. The predicted octanol–water partition coefficient (Wildman–Crippen LogP) is 1.71. The third-order valence-electron chi connectivity index (χ3n) is 5.49. The van der Waals surface area contributed by atoms with Gasteiger partial charge in [0.05, 0.1) is 30.1 Å². The molecule has 144 valence electrons. The smallest absolute Gasteiger partial charge is 0.255 e. The maximum Gasteiger partial charge on any atom is 0.255 e. The molecule has 1 aromatic carbocycles. The summed E-state index contributed by atoms with van der Waals surface area (Å²) >= 11 is 0. The van der Waals surface area contributed by atoms with E-state index in [1.54, 1.807) is 0 Å². The standard InChI is InChI=1S/C21H23N5O2/c27-20-17-7-8-25(13-16-6-5-15-3-1-2-4-18(15)22-16)14-19(17)23-21(24-20)26-9-11-28-12-10-26/h1-6H,7-14H2,(H,23,24,27). The highest BCUT2D eigenvalue weighted by Crippen LogP contribution is 2.20. The highest BCUT2D eigenvalue weighted by molar-refractivity contribution is 5.78. The molecule has 1 saturated heterocycles. The number of aromatic amines is 1. The Labute approximate surface area is 163 Å². The van der Waals surface area contributed by atoms with Crippen LogP contribution in [-0.4, -0.2) is 52.7 Å². The van der Waals surface area contributed by atoms with Crippen LogP contribution >= 0.6 is 0 Å². The number of fused-ring (bicyclic) bond motifs is 2. The van der Waals surface area contributed by atoms with Gasteiger partial charge in [-0.3, -0.25) is 19.7 Å². The largest absolute Gasteiger partial charge is 0.378 e. The molecule has 1 N–H and O–H groups in total. The Morgan fingerprint density at radius 3 is 2.79 bits per heavy atom. The number of para-hydroxylation sites is 1.